The molecule has 5 aromatic rings. The average Bonchev–Trinajstić information content (AvgIpc) is 3.23. The van der Waals surface area contributed by atoms with Gasteiger partial charge in [0.25, 0.3) is 0 Å². The fourth-order valence-corrected chi connectivity index (χ4v) is 5.00. The number of carbonyl (C=O) groups is 1. The van der Waals surface area contributed by atoms with Crippen molar-refractivity contribution in [2.45, 2.75) is 12.6 Å². The van der Waals surface area contributed by atoms with E-state index in [0.717, 1.165) is 49.9 Å². The van der Waals surface area contributed by atoms with Crippen LogP contribution in [-0.4, -0.2) is 32.5 Å². The van der Waals surface area contributed by atoms with Crippen molar-refractivity contribution in [3.63, 3.8) is 0 Å². The third-order valence-electron chi connectivity index (χ3n) is 6.59. The number of rotatable bonds is 4. The Morgan fingerprint density at radius 2 is 2.03 bits per heavy atom. The highest BCUT2D eigenvalue weighted by Gasteiger charge is 2.32. The molecule has 8 nitrogen and oxygen atoms in total. The van der Waals surface area contributed by atoms with Crippen LogP contribution in [0.2, 0.25) is 0 Å². The predicted molar refractivity (Wildman–Crippen MR) is 139 cm³/mol. The molecule has 35 heavy (non-hydrogen) atoms. The van der Waals surface area contributed by atoms with Gasteiger partial charge >= 0.3 is 0 Å². The summed E-state index contributed by atoms with van der Waals surface area (Å²) in [5.74, 6) is 0.171. The molecule has 2 aromatic carbocycles. The molecular formula is C27H23N7O. The Bertz CT molecular complexity index is 1650. The zero-order chi connectivity index (χ0) is 24.1. The number of nitrogen functional groups attached to an aromatic ring is 1. The van der Waals surface area contributed by atoms with Crippen LogP contribution in [0.3, 0.4) is 0 Å². The second kappa shape index (κ2) is 7.95. The Morgan fingerprint density at radius 3 is 2.86 bits per heavy atom. The fourth-order valence-electron chi connectivity index (χ4n) is 5.00. The number of amides is 1. The molecule has 1 unspecified atom stereocenters. The molecule has 0 aliphatic carbocycles. The highest BCUT2D eigenvalue weighted by atomic mass is 16.1. The number of anilines is 2. The number of para-hydroxylation sites is 1. The van der Waals surface area contributed by atoms with E-state index >= 15 is 0 Å². The van der Waals surface area contributed by atoms with Crippen molar-refractivity contribution in [3.05, 3.63) is 79.3 Å². The van der Waals surface area contributed by atoms with Crippen LogP contribution < -0.4 is 16.4 Å². The molecule has 0 saturated heterocycles. The van der Waals surface area contributed by atoms with E-state index in [1.807, 2.05) is 49.6 Å². The van der Waals surface area contributed by atoms with E-state index in [2.05, 4.69) is 43.9 Å². The zero-order valence-electron chi connectivity index (χ0n) is 19.1. The molecule has 0 saturated carbocycles. The van der Waals surface area contributed by atoms with E-state index in [4.69, 9.17) is 10.7 Å². The van der Waals surface area contributed by atoms with Crippen molar-refractivity contribution < 1.29 is 4.79 Å². The van der Waals surface area contributed by atoms with Gasteiger partial charge in [-0.15, -0.1) is 0 Å². The van der Waals surface area contributed by atoms with Crippen LogP contribution in [0.25, 0.3) is 44.3 Å². The fraction of sp³-hybridized carbons (Fsp3) is 0.111. The molecular weight excluding hydrogens is 438 g/mol. The summed E-state index contributed by atoms with van der Waals surface area (Å²) < 4.78 is 2.12. The van der Waals surface area contributed by atoms with Gasteiger partial charge < -0.3 is 20.9 Å². The van der Waals surface area contributed by atoms with E-state index in [1.54, 1.807) is 0 Å². The quantitative estimate of drug-likeness (QED) is 0.344. The largest absolute Gasteiger partial charge is 0.388 e. The molecule has 1 aliphatic heterocycles. The number of nitrogens with zero attached hydrogens (tertiary/aromatic N) is 4. The molecule has 172 valence electrons. The number of carbonyl (C=O) groups excluding carboxylic acids is 1. The number of benzene rings is 2. The Morgan fingerprint density at radius 1 is 1.17 bits per heavy atom. The summed E-state index contributed by atoms with van der Waals surface area (Å²) in [6.07, 6.45) is 4.64. The normalized spacial score (nSPS) is 14.4. The van der Waals surface area contributed by atoms with Crippen molar-refractivity contribution in [2.75, 3.05) is 18.1 Å². The lowest BCUT2D eigenvalue weighted by atomic mass is 9.90. The molecule has 0 spiro atoms. The van der Waals surface area contributed by atoms with E-state index < -0.39 is 0 Å². The standard InChI is InChI=1S/C27H23N7O/c1-3-22(35)33-21-13-34-25(19-11-17(29-2)8-9-18(19)21)23(24-26(28)31-14-32-27(24)34)16-10-15-6-4-5-7-20(15)30-12-16/h3-12,14,21,29H,1,13H2,2H3,(H,33,35)(H2,28,31,32). The monoisotopic (exact) mass is 461 g/mol. The number of pyridine rings is 1. The minimum absolute atomic E-state index is 0.230. The first-order valence-corrected chi connectivity index (χ1v) is 11.3. The van der Waals surface area contributed by atoms with E-state index in [9.17, 15) is 4.79 Å². The molecule has 6 rings (SSSR count). The van der Waals surface area contributed by atoms with Crippen LogP contribution >= 0.6 is 0 Å². The average molecular weight is 462 g/mol. The van der Waals surface area contributed by atoms with E-state index in [-0.39, 0.29) is 11.9 Å². The number of aromatic nitrogens is 4. The first-order valence-electron chi connectivity index (χ1n) is 11.3. The summed E-state index contributed by atoms with van der Waals surface area (Å²) in [6, 6.07) is 16.0. The third-order valence-corrected chi connectivity index (χ3v) is 6.59. The summed E-state index contributed by atoms with van der Waals surface area (Å²) in [4.78, 5) is 25.9. The van der Waals surface area contributed by atoms with Crippen LogP contribution in [0, 0.1) is 0 Å². The summed E-state index contributed by atoms with van der Waals surface area (Å²) in [6.45, 7) is 4.11. The van der Waals surface area contributed by atoms with Crippen molar-refractivity contribution in [2.24, 2.45) is 0 Å². The van der Waals surface area contributed by atoms with Crippen LogP contribution in [0.4, 0.5) is 11.5 Å². The van der Waals surface area contributed by atoms with Crippen molar-refractivity contribution in [3.8, 4) is 22.4 Å². The van der Waals surface area contributed by atoms with Gasteiger partial charge in [0.1, 0.15) is 17.8 Å². The predicted octanol–water partition coefficient (Wildman–Crippen LogP) is 4.29. The van der Waals surface area contributed by atoms with Gasteiger partial charge in [-0.25, -0.2) is 9.97 Å². The molecule has 4 N–H and O–H groups in total. The molecule has 0 radical (unpaired) electrons. The molecule has 0 fully saturated rings. The van der Waals surface area contributed by atoms with Gasteiger partial charge in [-0.05, 0) is 35.9 Å². The number of nitrogens with one attached hydrogen (secondary N) is 2. The van der Waals surface area contributed by atoms with E-state index in [1.165, 1.54) is 12.4 Å². The second-order valence-electron chi connectivity index (χ2n) is 8.53. The first kappa shape index (κ1) is 20.9. The van der Waals surface area contributed by atoms with Gasteiger partial charge in [0.2, 0.25) is 5.91 Å². The number of hydrogen-bond donors (Lipinski definition) is 3. The van der Waals surface area contributed by atoms with Gasteiger partial charge in [-0.2, -0.15) is 0 Å². The highest BCUT2D eigenvalue weighted by molar-refractivity contribution is 6.09. The minimum Gasteiger partial charge on any atom is -0.388 e. The number of hydrogen-bond acceptors (Lipinski definition) is 6. The minimum atomic E-state index is -0.261. The molecule has 3 aromatic heterocycles. The maximum absolute atomic E-state index is 12.3. The van der Waals surface area contributed by atoms with Crippen LogP contribution in [0.1, 0.15) is 11.6 Å². The van der Waals surface area contributed by atoms with Crippen LogP contribution in [0.15, 0.2) is 73.7 Å². The number of nitrogens with two attached hydrogens (primary N) is 1. The van der Waals surface area contributed by atoms with Crippen LogP contribution in [0.5, 0.6) is 0 Å². The SMILES string of the molecule is C=CC(=O)NC1Cn2c(c(-c3cnc4ccccc4c3)c3c(N)ncnc32)-c2cc(NC)ccc21. The highest BCUT2D eigenvalue weighted by Crippen LogP contribution is 2.48. The number of fused-ring (bicyclic) bond motifs is 6. The Balaban J connectivity index is 1.70. The molecule has 0 bridgehead atoms. The molecule has 1 aliphatic rings. The van der Waals surface area contributed by atoms with Gasteiger partial charge in [-0.3, -0.25) is 9.78 Å². The van der Waals surface area contributed by atoms with Crippen LogP contribution in [-0.2, 0) is 11.3 Å². The Hall–Kier alpha value is -4.72. The topological polar surface area (TPSA) is 111 Å². The summed E-state index contributed by atoms with van der Waals surface area (Å²) >= 11 is 0. The lowest BCUT2D eigenvalue weighted by Crippen LogP contribution is -2.32. The van der Waals surface area contributed by atoms with Crippen molar-refractivity contribution in [1.29, 1.82) is 0 Å². The van der Waals surface area contributed by atoms with Gasteiger partial charge in [-0.1, -0.05) is 30.8 Å². The smallest absolute Gasteiger partial charge is 0.243 e. The summed E-state index contributed by atoms with van der Waals surface area (Å²) in [5, 5.41) is 8.10. The second-order valence-corrected chi connectivity index (χ2v) is 8.53. The Kier molecular flexibility index (Phi) is 4.74. The van der Waals surface area contributed by atoms with Gasteiger partial charge in [0.15, 0.2) is 0 Å². The third kappa shape index (κ3) is 3.22. The first-order chi connectivity index (χ1) is 17.1. The van der Waals surface area contributed by atoms with Crippen molar-refractivity contribution >= 4 is 39.3 Å². The Labute approximate surface area is 201 Å². The summed E-state index contributed by atoms with van der Waals surface area (Å²) in [5.41, 5.74) is 13.9. The lowest BCUT2D eigenvalue weighted by molar-refractivity contribution is -0.117. The zero-order valence-corrected chi connectivity index (χ0v) is 19.1. The molecule has 1 amide bonds. The van der Waals surface area contributed by atoms with Crippen molar-refractivity contribution in [1.82, 2.24) is 24.8 Å². The molecule has 8 heteroatoms. The lowest BCUT2D eigenvalue weighted by Gasteiger charge is -2.29. The molecule has 4 heterocycles. The van der Waals surface area contributed by atoms with Gasteiger partial charge in [0, 0.05) is 47.6 Å². The maximum Gasteiger partial charge on any atom is 0.243 e. The maximum atomic E-state index is 12.3. The molecule has 1 atom stereocenters. The van der Waals surface area contributed by atoms with E-state index in [0.29, 0.717) is 18.0 Å². The van der Waals surface area contributed by atoms with Gasteiger partial charge in [0.05, 0.1) is 22.6 Å². The summed E-state index contributed by atoms with van der Waals surface area (Å²) in [7, 11) is 1.88.